The minimum absolute atomic E-state index is 0.190. The fourth-order valence-electron chi connectivity index (χ4n) is 2.50. The summed E-state index contributed by atoms with van der Waals surface area (Å²) in [6.45, 7) is 2.28. The highest BCUT2D eigenvalue weighted by Crippen LogP contribution is 2.17. The summed E-state index contributed by atoms with van der Waals surface area (Å²) in [7, 11) is 0. The zero-order valence-corrected chi connectivity index (χ0v) is 14.2. The first-order chi connectivity index (χ1) is 12.0. The van der Waals surface area contributed by atoms with Crippen molar-refractivity contribution in [1.29, 1.82) is 0 Å². The van der Waals surface area contributed by atoms with Crippen LogP contribution in [0.1, 0.15) is 42.1 Å². The van der Waals surface area contributed by atoms with E-state index in [9.17, 15) is 19.2 Å². The molecular weight excluding hydrogens is 324 g/mol. The molecule has 0 spiro atoms. The number of imide groups is 1. The van der Waals surface area contributed by atoms with Crippen molar-refractivity contribution in [3.8, 4) is 0 Å². The molecule has 0 aromatic heterocycles. The van der Waals surface area contributed by atoms with Crippen LogP contribution in [0.3, 0.4) is 0 Å². The van der Waals surface area contributed by atoms with Gasteiger partial charge < -0.3 is 10.1 Å². The van der Waals surface area contributed by atoms with Gasteiger partial charge in [-0.3, -0.25) is 19.7 Å². The Bertz CT molecular complexity index is 654. The summed E-state index contributed by atoms with van der Waals surface area (Å²) < 4.78 is 4.97. The number of rotatable bonds is 8. The summed E-state index contributed by atoms with van der Waals surface area (Å²) in [4.78, 5) is 46.2. The van der Waals surface area contributed by atoms with Crippen molar-refractivity contribution < 1.29 is 23.9 Å². The number of ether oxygens (including phenoxy) is 1. The summed E-state index contributed by atoms with van der Waals surface area (Å²) in [6.07, 6.45) is 2.48. The molecular formula is C18H22N2O5. The number of carbonyl (C=O) groups is 4. The molecule has 1 fully saturated rings. The van der Waals surface area contributed by atoms with Crippen molar-refractivity contribution >= 4 is 23.7 Å². The van der Waals surface area contributed by atoms with Crippen molar-refractivity contribution in [3.63, 3.8) is 0 Å². The van der Waals surface area contributed by atoms with Crippen LogP contribution in [0.15, 0.2) is 24.3 Å². The van der Waals surface area contributed by atoms with Crippen LogP contribution in [0, 0.1) is 5.92 Å². The van der Waals surface area contributed by atoms with E-state index in [1.54, 1.807) is 24.3 Å². The second kappa shape index (κ2) is 8.96. The molecule has 7 nitrogen and oxygen atoms in total. The molecule has 1 saturated heterocycles. The molecule has 0 bridgehead atoms. The smallest absolute Gasteiger partial charge is 0.338 e. The Morgan fingerprint density at radius 3 is 2.56 bits per heavy atom. The number of unbranched alkanes of at least 4 members (excludes halogenated alkanes) is 1. The van der Waals surface area contributed by atoms with Crippen LogP contribution in [0.25, 0.3) is 0 Å². The summed E-state index contributed by atoms with van der Waals surface area (Å²) in [5.41, 5.74) is 1.18. The Balaban J connectivity index is 1.80. The maximum atomic E-state index is 11.9. The summed E-state index contributed by atoms with van der Waals surface area (Å²) in [5.74, 6) is -1.78. The Morgan fingerprint density at radius 1 is 1.24 bits per heavy atom. The van der Waals surface area contributed by atoms with Gasteiger partial charge in [0.2, 0.25) is 11.8 Å². The van der Waals surface area contributed by atoms with E-state index in [1.807, 2.05) is 6.92 Å². The summed E-state index contributed by atoms with van der Waals surface area (Å²) in [6, 6.07) is 6.60. The van der Waals surface area contributed by atoms with Crippen molar-refractivity contribution in [3.05, 3.63) is 35.4 Å². The molecule has 0 saturated carbocycles. The zero-order valence-electron chi connectivity index (χ0n) is 14.2. The summed E-state index contributed by atoms with van der Waals surface area (Å²) >= 11 is 0. The van der Waals surface area contributed by atoms with Gasteiger partial charge in [-0.25, -0.2) is 4.79 Å². The van der Waals surface area contributed by atoms with E-state index < -0.39 is 5.97 Å². The van der Waals surface area contributed by atoms with E-state index in [0.29, 0.717) is 18.5 Å². The van der Waals surface area contributed by atoms with Gasteiger partial charge in [0.1, 0.15) is 0 Å². The van der Waals surface area contributed by atoms with Gasteiger partial charge in [0, 0.05) is 13.0 Å². The van der Waals surface area contributed by atoms with Gasteiger partial charge in [0.25, 0.3) is 5.91 Å². The topological polar surface area (TPSA) is 102 Å². The molecule has 1 aromatic rings. The Morgan fingerprint density at radius 2 is 1.96 bits per heavy atom. The lowest BCUT2D eigenvalue weighted by Gasteiger charge is -2.08. The zero-order chi connectivity index (χ0) is 18.2. The van der Waals surface area contributed by atoms with Crippen LogP contribution in [0.5, 0.6) is 0 Å². The van der Waals surface area contributed by atoms with E-state index in [4.69, 9.17) is 4.74 Å². The highest BCUT2D eigenvalue weighted by Gasteiger charge is 2.30. The van der Waals surface area contributed by atoms with Crippen molar-refractivity contribution in [2.45, 2.75) is 32.6 Å². The second-order valence-corrected chi connectivity index (χ2v) is 5.99. The Hall–Kier alpha value is -2.70. The number of hydrogen-bond donors (Lipinski definition) is 2. The van der Waals surface area contributed by atoms with Gasteiger partial charge >= 0.3 is 5.97 Å². The minimum atomic E-state index is -0.578. The normalized spacial score (nSPS) is 16.4. The number of nitrogens with one attached hydrogen (secondary N) is 2. The molecule has 0 radical (unpaired) electrons. The maximum Gasteiger partial charge on any atom is 0.338 e. The Kier molecular flexibility index (Phi) is 6.68. The molecule has 134 valence electrons. The molecule has 2 rings (SSSR count). The molecule has 0 unspecified atom stereocenters. The third kappa shape index (κ3) is 5.70. The monoisotopic (exact) mass is 346 g/mol. The highest BCUT2D eigenvalue weighted by atomic mass is 16.5. The van der Waals surface area contributed by atoms with Gasteiger partial charge in [0.05, 0.1) is 11.5 Å². The standard InChI is InChI=1S/C18H22N2O5/c1-2-3-8-19-16(22)11-25-18(24)13-6-4-12(5-7-13)9-14-10-15(21)20-17(14)23/h4-7,14H,2-3,8-11H2,1H3,(H,19,22)(H,20,21,23)/t14-/m1/s1. The first kappa shape index (κ1) is 18.6. The predicted molar refractivity (Wildman–Crippen MR) is 89.6 cm³/mol. The number of esters is 1. The first-order valence-corrected chi connectivity index (χ1v) is 8.36. The average molecular weight is 346 g/mol. The lowest BCUT2D eigenvalue weighted by atomic mass is 9.97. The number of hydrogen-bond acceptors (Lipinski definition) is 5. The Labute approximate surface area is 146 Å². The minimum Gasteiger partial charge on any atom is -0.452 e. The number of carbonyl (C=O) groups excluding carboxylic acids is 4. The quantitative estimate of drug-likeness (QED) is 0.415. The van der Waals surface area contributed by atoms with Crippen LogP contribution in [0.2, 0.25) is 0 Å². The first-order valence-electron chi connectivity index (χ1n) is 8.36. The van der Waals surface area contributed by atoms with Gasteiger partial charge in [-0.05, 0) is 30.5 Å². The van der Waals surface area contributed by atoms with Gasteiger partial charge in [0.15, 0.2) is 6.61 Å². The lowest BCUT2D eigenvalue weighted by molar-refractivity contribution is -0.126. The number of benzene rings is 1. The third-order valence-electron chi connectivity index (χ3n) is 3.92. The van der Waals surface area contributed by atoms with Crippen LogP contribution in [-0.2, 0) is 25.5 Å². The molecule has 25 heavy (non-hydrogen) atoms. The average Bonchev–Trinajstić information content (AvgIpc) is 2.91. The van der Waals surface area contributed by atoms with Gasteiger partial charge in [-0.1, -0.05) is 25.5 Å². The molecule has 1 atom stereocenters. The highest BCUT2D eigenvalue weighted by molar-refractivity contribution is 6.03. The summed E-state index contributed by atoms with van der Waals surface area (Å²) in [5, 5.41) is 4.94. The second-order valence-electron chi connectivity index (χ2n) is 5.99. The van der Waals surface area contributed by atoms with E-state index in [0.717, 1.165) is 18.4 Å². The number of amides is 3. The molecule has 2 N–H and O–H groups in total. The van der Waals surface area contributed by atoms with Crippen LogP contribution in [-0.4, -0.2) is 36.8 Å². The molecule has 1 aliphatic rings. The van der Waals surface area contributed by atoms with Crippen molar-refractivity contribution in [2.24, 2.45) is 5.92 Å². The van der Waals surface area contributed by atoms with E-state index in [-0.39, 0.29) is 36.7 Å². The van der Waals surface area contributed by atoms with Crippen molar-refractivity contribution in [1.82, 2.24) is 10.6 Å². The largest absolute Gasteiger partial charge is 0.452 e. The van der Waals surface area contributed by atoms with Crippen LogP contribution < -0.4 is 10.6 Å². The fourth-order valence-corrected chi connectivity index (χ4v) is 2.50. The molecule has 1 heterocycles. The SMILES string of the molecule is CCCCNC(=O)COC(=O)c1ccc(C[C@@H]2CC(=O)NC2=O)cc1. The third-order valence-corrected chi connectivity index (χ3v) is 3.92. The van der Waals surface area contributed by atoms with Crippen LogP contribution >= 0.6 is 0 Å². The van der Waals surface area contributed by atoms with Crippen LogP contribution in [0.4, 0.5) is 0 Å². The van der Waals surface area contributed by atoms with Gasteiger partial charge in [-0.2, -0.15) is 0 Å². The van der Waals surface area contributed by atoms with E-state index in [2.05, 4.69) is 10.6 Å². The molecule has 0 aliphatic carbocycles. The molecule has 1 aromatic carbocycles. The van der Waals surface area contributed by atoms with Crippen molar-refractivity contribution in [2.75, 3.05) is 13.2 Å². The molecule has 7 heteroatoms. The van der Waals surface area contributed by atoms with E-state index >= 15 is 0 Å². The fraction of sp³-hybridized carbons (Fsp3) is 0.444. The van der Waals surface area contributed by atoms with Gasteiger partial charge in [-0.15, -0.1) is 0 Å². The lowest BCUT2D eigenvalue weighted by Crippen LogP contribution is -2.29. The maximum absolute atomic E-state index is 11.9. The molecule has 3 amide bonds. The van der Waals surface area contributed by atoms with E-state index in [1.165, 1.54) is 0 Å². The molecule has 1 aliphatic heterocycles. The predicted octanol–water partition coefficient (Wildman–Crippen LogP) is 0.965.